The number of carbonyl (C=O) groups excluding carboxylic acids is 2. The topological polar surface area (TPSA) is 40.6 Å². The van der Waals surface area contributed by atoms with Crippen LogP contribution in [0, 0.1) is 11.8 Å². The minimum Gasteiger partial charge on any atom is -0.342 e. The predicted molar refractivity (Wildman–Crippen MR) is 92.3 cm³/mol. The summed E-state index contributed by atoms with van der Waals surface area (Å²) < 4.78 is 0. The van der Waals surface area contributed by atoms with Crippen molar-refractivity contribution in [3.05, 3.63) is 22.4 Å². The Balaban J connectivity index is 1.46. The van der Waals surface area contributed by atoms with Gasteiger partial charge in [0.05, 0.1) is 6.42 Å². The quantitative estimate of drug-likeness (QED) is 0.853. The van der Waals surface area contributed by atoms with Gasteiger partial charge in [-0.05, 0) is 43.0 Å². The first kappa shape index (κ1) is 16.5. The summed E-state index contributed by atoms with van der Waals surface area (Å²) in [6.45, 7) is 5.55. The Bertz CT molecular complexity index is 527. The van der Waals surface area contributed by atoms with Crippen molar-refractivity contribution in [1.82, 2.24) is 9.80 Å². The smallest absolute Gasteiger partial charge is 0.227 e. The van der Waals surface area contributed by atoms with E-state index in [1.165, 1.54) is 0 Å². The molecule has 23 heavy (non-hydrogen) atoms. The molecule has 2 amide bonds. The second-order valence-corrected chi connectivity index (χ2v) is 7.95. The van der Waals surface area contributed by atoms with Gasteiger partial charge in [-0.15, -0.1) is 11.3 Å². The zero-order chi connectivity index (χ0) is 16.2. The van der Waals surface area contributed by atoms with Crippen LogP contribution in [-0.4, -0.2) is 47.8 Å². The number of hydrogen-bond donors (Lipinski definition) is 0. The molecule has 2 aliphatic rings. The van der Waals surface area contributed by atoms with Gasteiger partial charge < -0.3 is 9.80 Å². The van der Waals surface area contributed by atoms with Crippen LogP contribution in [0.1, 0.15) is 37.5 Å². The lowest BCUT2D eigenvalue weighted by molar-refractivity contribution is -0.141. The Morgan fingerprint density at radius 2 is 1.74 bits per heavy atom. The molecule has 0 aromatic carbocycles. The molecule has 1 aromatic heterocycles. The zero-order valence-corrected chi connectivity index (χ0v) is 14.7. The summed E-state index contributed by atoms with van der Waals surface area (Å²) in [5.41, 5.74) is 0. The Morgan fingerprint density at radius 3 is 2.35 bits per heavy atom. The molecule has 126 valence electrons. The molecule has 0 unspecified atom stereocenters. The van der Waals surface area contributed by atoms with Gasteiger partial charge in [-0.2, -0.15) is 0 Å². The molecule has 2 saturated heterocycles. The van der Waals surface area contributed by atoms with Crippen molar-refractivity contribution < 1.29 is 9.59 Å². The van der Waals surface area contributed by atoms with Crippen molar-refractivity contribution in [2.75, 3.05) is 26.2 Å². The third-order valence-corrected chi connectivity index (χ3v) is 6.07. The van der Waals surface area contributed by atoms with Gasteiger partial charge in [0.15, 0.2) is 0 Å². The van der Waals surface area contributed by atoms with E-state index in [0.717, 1.165) is 62.7 Å². The molecule has 0 saturated carbocycles. The monoisotopic (exact) mass is 334 g/mol. The number of amides is 2. The summed E-state index contributed by atoms with van der Waals surface area (Å²) in [4.78, 5) is 30.0. The Hall–Kier alpha value is -1.36. The molecule has 0 bridgehead atoms. The Kier molecular flexibility index (Phi) is 5.36. The van der Waals surface area contributed by atoms with E-state index in [2.05, 4.69) is 6.92 Å². The summed E-state index contributed by atoms with van der Waals surface area (Å²) >= 11 is 1.63. The van der Waals surface area contributed by atoms with Gasteiger partial charge in [0.1, 0.15) is 0 Å². The fraction of sp³-hybridized carbons (Fsp3) is 0.667. The lowest BCUT2D eigenvalue weighted by atomic mass is 9.92. The van der Waals surface area contributed by atoms with E-state index in [9.17, 15) is 9.59 Å². The van der Waals surface area contributed by atoms with Gasteiger partial charge in [0, 0.05) is 37.0 Å². The van der Waals surface area contributed by atoms with Crippen LogP contribution in [0.3, 0.4) is 0 Å². The molecule has 5 heteroatoms. The van der Waals surface area contributed by atoms with Crippen molar-refractivity contribution in [3.63, 3.8) is 0 Å². The summed E-state index contributed by atoms with van der Waals surface area (Å²) in [5.74, 6) is 1.39. The number of hydrogen-bond acceptors (Lipinski definition) is 3. The van der Waals surface area contributed by atoms with Gasteiger partial charge >= 0.3 is 0 Å². The number of thiophene rings is 1. The Morgan fingerprint density at radius 1 is 1.09 bits per heavy atom. The maximum Gasteiger partial charge on any atom is 0.227 e. The van der Waals surface area contributed by atoms with Gasteiger partial charge in [-0.3, -0.25) is 9.59 Å². The maximum atomic E-state index is 12.6. The molecule has 0 spiro atoms. The van der Waals surface area contributed by atoms with Crippen molar-refractivity contribution in [2.45, 2.75) is 39.0 Å². The van der Waals surface area contributed by atoms with Gasteiger partial charge in [-0.25, -0.2) is 0 Å². The molecule has 0 aliphatic carbocycles. The molecule has 2 aliphatic heterocycles. The molecule has 3 rings (SSSR count). The van der Waals surface area contributed by atoms with Crippen LogP contribution >= 0.6 is 11.3 Å². The minimum absolute atomic E-state index is 0.120. The maximum absolute atomic E-state index is 12.6. The van der Waals surface area contributed by atoms with Crippen LogP contribution in [0.4, 0.5) is 0 Å². The minimum atomic E-state index is 0.120. The summed E-state index contributed by atoms with van der Waals surface area (Å²) in [6, 6.07) is 3.99. The third-order valence-electron chi connectivity index (χ3n) is 5.20. The summed E-state index contributed by atoms with van der Waals surface area (Å²) in [7, 11) is 0. The zero-order valence-electron chi connectivity index (χ0n) is 13.9. The number of piperidine rings is 2. The number of carbonyl (C=O) groups is 2. The molecule has 4 nitrogen and oxygen atoms in total. The number of rotatable bonds is 3. The highest BCUT2D eigenvalue weighted by molar-refractivity contribution is 7.10. The highest BCUT2D eigenvalue weighted by Crippen LogP contribution is 2.24. The summed E-state index contributed by atoms with van der Waals surface area (Å²) in [5, 5.41) is 2.01. The van der Waals surface area contributed by atoms with Crippen LogP contribution in [0.25, 0.3) is 0 Å². The van der Waals surface area contributed by atoms with Crippen LogP contribution in [-0.2, 0) is 16.0 Å². The van der Waals surface area contributed by atoms with E-state index in [1.807, 2.05) is 27.3 Å². The first-order chi connectivity index (χ1) is 11.1. The Labute approximate surface area is 142 Å². The van der Waals surface area contributed by atoms with E-state index < -0.39 is 0 Å². The van der Waals surface area contributed by atoms with E-state index in [0.29, 0.717) is 12.3 Å². The molecular weight excluding hydrogens is 308 g/mol. The second kappa shape index (κ2) is 7.47. The van der Waals surface area contributed by atoms with Crippen LogP contribution in [0.2, 0.25) is 0 Å². The molecule has 3 heterocycles. The standard InChI is InChI=1S/C18H26N2O2S/c1-14-4-8-20(9-5-14)18(22)15-6-10-19(11-7-15)17(21)13-16-3-2-12-23-16/h2-3,12,14-15H,4-11,13H2,1H3. The lowest BCUT2D eigenvalue weighted by Crippen LogP contribution is -2.46. The third kappa shape index (κ3) is 4.14. The number of nitrogens with zero attached hydrogens (tertiary/aromatic N) is 2. The molecule has 0 N–H and O–H groups in total. The van der Waals surface area contributed by atoms with Crippen LogP contribution in [0.15, 0.2) is 17.5 Å². The SMILES string of the molecule is CC1CCN(C(=O)C2CCN(C(=O)Cc3cccs3)CC2)CC1. The average molecular weight is 334 g/mol. The fourth-order valence-electron chi connectivity index (χ4n) is 3.54. The molecular formula is C18H26N2O2S. The largest absolute Gasteiger partial charge is 0.342 e. The van der Waals surface area contributed by atoms with Crippen LogP contribution in [0.5, 0.6) is 0 Å². The lowest BCUT2D eigenvalue weighted by Gasteiger charge is -2.36. The first-order valence-corrected chi connectivity index (χ1v) is 9.60. The predicted octanol–water partition coefficient (Wildman–Crippen LogP) is 2.79. The van der Waals surface area contributed by atoms with E-state index in [4.69, 9.17) is 0 Å². The summed E-state index contributed by atoms with van der Waals surface area (Å²) in [6.07, 6.45) is 4.40. The van der Waals surface area contributed by atoms with Crippen molar-refractivity contribution in [2.24, 2.45) is 11.8 Å². The van der Waals surface area contributed by atoms with Crippen LogP contribution < -0.4 is 0 Å². The van der Waals surface area contributed by atoms with Gasteiger partial charge in [0.25, 0.3) is 0 Å². The highest BCUT2D eigenvalue weighted by Gasteiger charge is 2.31. The molecule has 1 aromatic rings. The van der Waals surface area contributed by atoms with E-state index in [1.54, 1.807) is 11.3 Å². The number of likely N-dealkylation sites (tertiary alicyclic amines) is 2. The van der Waals surface area contributed by atoms with E-state index in [-0.39, 0.29) is 11.8 Å². The van der Waals surface area contributed by atoms with Crippen molar-refractivity contribution >= 4 is 23.2 Å². The molecule has 0 radical (unpaired) electrons. The van der Waals surface area contributed by atoms with Crippen molar-refractivity contribution in [1.29, 1.82) is 0 Å². The van der Waals surface area contributed by atoms with Gasteiger partial charge in [-0.1, -0.05) is 13.0 Å². The van der Waals surface area contributed by atoms with Gasteiger partial charge in [0.2, 0.25) is 11.8 Å². The average Bonchev–Trinajstić information content (AvgIpc) is 3.08. The normalized spacial score (nSPS) is 20.7. The van der Waals surface area contributed by atoms with Crippen molar-refractivity contribution in [3.8, 4) is 0 Å². The highest BCUT2D eigenvalue weighted by atomic mass is 32.1. The molecule has 0 atom stereocenters. The fourth-order valence-corrected chi connectivity index (χ4v) is 4.23. The second-order valence-electron chi connectivity index (χ2n) is 6.92. The molecule has 2 fully saturated rings. The van der Waals surface area contributed by atoms with E-state index >= 15 is 0 Å². The first-order valence-electron chi connectivity index (χ1n) is 8.72.